The van der Waals surface area contributed by atoms with E-state index in [-0.39, 0.29) is 5.75 Å². The fourth-order valence-electron chi connectivity index (χ4n) is 2.11. The summed E-state index contributed by atoms with van der Waals surface area (Å²) in [7, 11) is 4.85. The van der Waals surface area contributed by atoms with E-state index in [0.29, 0.717) is 41.4 Å². The van der Waals surface area contributed by atoms with Crippen LogP contribution in [0.4, 0.5) is 10.1 Å². The average Bonchev–Trinajstić information content (AvgIpc) is 2.65. The molecule has 0 saturated heterocycles. The zero-order valence-electron chi connectivity index (χ0n) is 15.4. The number of benzene rings is 1. The number of nitrogen functional groups attached to an aromatic ring is 1. The lowest BCUT2D eigenvalue weighted by Crippen LogP contribution is -2.04. The van der Waals surface area contributed by atoms with Crippen LogP contribution in [0.1, 0.15) is 0 Å². The van der Waals surface area contributed by atoms with Gasteiger partial charge in [0.05, 0.1) is 18.3 Å². The van der Waals surface area contributed by atoms with Gasteiger partial charge in [-0.1, -0.05) is 0 Å². The summed E-state index contributed by atoms with van der Waals surface area (Å²) in [6.07, 6.45) is 3.12. The summed E-state index contributed by atoms with van der Waals surface area (Å²) in [4.78, 5) is 8.54. The van der Waals surface area contributed by atoms with E-state index in [9.17, 15) is 4.39 Å². The van der Waals surface area contributed by atoms with Crippen LogP contribution >= 0.6 is 0 Å². The second kappa shape index (κ2) is 10.2. The molecule has 0 aliphatic carbocycles. The number of hydrogen-bond acceptors (Lipinski definition) is 7. The van der Waals surface area contributed by atoms with Crippen LogP contribution < -0.4 is 15.2 Å². The smallest absolute Gasteiger partial charge is 0.167 e. The summed E-state index contributed by atoms with van der Waals surface area (Å²) >= 11 is 0. The molecule has 0 aliphatic rings. The number of ether oxygens (including phenoxy) is 4. The van der Waals surface area contributed by atoms with Gasteiger partial charge in [0.25, 0.3) is 0 Å². The lowest BCUT2D eigenvalue weighted by atomic mass is 10.2. The van der Waals surface area contributed by atoms with Crippen molar-refractivity contribution in [2.45, 2.75) is 0 Å². The second-order valence-electron chi connectivity index (χ2n) is 5.39. The number of rotatable bonds is 6. The maximum Gasteiger partial charge on any atom is 0.167 e. The van der Waals surface area contributed by atoms with Gasteiger partial charge in [-0.05, 0) is 12.1 Å². The molecule has 2 N–H and O–H groups in total. The molecule has 0 unspecified atom stereocenters. The second-order valence-corrected chi connectivity index (χ2v) is 5.39. The molecule has 27 heavy (non-hydrogen) atoms. The molecule has 2 heterocycles. The monoisotopic (exact) mass is 375 g/mol. The molecule has 8 heteroatoms. The van der Waals surface area contributed by atoms with E-state index >= 15 is 0 Å². The van der Waals surface area contributed by atoms with Crippen LogP contribution in [0.15, 0.2) is 42.7 Å². The van der Waals surface area contributed by atoms with Crippen LogP contribution in [-0.4, -0.2) is 44.5 Å². The molecule has 2 aromatic heterocycles. The van der Waals surface area contributed by atoms with Crippen molar-refractivity contribution in [3.8, 4) is 17.2 Å². The molecule has 0 radical (unpaired) electrons. The Labute approximate surface area is 156 Å². The fraction of sp³-hybridized carbons (Fsp3) is 0.263. The van der Waals surface area contributed by atoms with E-state index in [1.807, 2.05) is 0 Å². The number of fused-ring (bicyclic) bond motifs is 1. The molecule has 0 spiro atoms. The quantitative estimate of drug-likeness (QED) is 0.521. The molecule has 0 bridgehead atoms. The topological polar surface area (TPSA) is 88.7 Å². The molecular formula is C19H22FN3O4. The highest BCUT2D eigenvalue weighted by atomic mass is 19.1. The summed E-state index contributed by atoms with van der Waals surface area (Å²) in [6.45, 7) is 0.890. The minimum Gasteiger partial charge on any atom is -0.489 e. The zero-order valence-corrected chi connectivity index (χ0v) is 15.4. The number of anilines is 1. The number of aromatic nitrogens is 2. The van der Waals surface area contributed by atoms with Crippen molar-refractivity contribution in [1.29, 1.82) is 0 Å². The molecule has 3 aromatic rings. The number of nitrogens with zero attached hydrogens (tertiary/aromatic N) is 2. The predicted octanol–water partition coefficient (Wildman–Crippen LogP) is 3.43. The Bertz CT molecular complexity index is 877. The zero-order chi connectivity index (χ0) is 19.6. The van der Waals surface area contributed by atoms with Gasteiger partial charge in [0, 0.05) is 51.4 Å². The molecule has 3 rings (SSSR count). The molecule has 0 aliphatic heterocycles. The average molecular weight is 375 g/mol. The van der Waals surface area contributed by atoms with Crippen molar-refractivity contribution < 1.29 is 23.3 Å². The van der Waals surface area contributed by atoms with Crippen LogP contribution in [0.3, 0.4) is 0 Å². The van der Waals surface area contributed by atoms with Crippen molar-refractivity contribution in [3.63, 3.8) is 0 Å². The summed E-state index contributed by atoms with van der Waals surface area (Å²) in [5.74, 6) is 0.494. The lowest BCUT2D eigenvalue weighted by Gasteiger charge is -2.10. The van der Waals surface area contributed by atoms with Gasteiger partial charge in [-0.15, -0.1) is 0 Å². The Kier molecular flexibility index (Phi) is 7.72. The first-order valence-corrected chi connectivity index (χ1v) is 8.08. The molecule has 0 fully saturated rings. The lowest BCUT2D eigenvalue weighted by molar-refractivity contribution is 0.146. The van der Waals surface area contributed by atoms with Crippen LogP contribution in [0.2, 0.25) is 0 Å². The highest BCUT2D eigenvalue weighted by molar-refractivity contribution is 5.81. The summed E-state index contributed by atoms with van der Waals surface area (Å²) in [5.41, 5.74) is 6.96. The van der Waals surface area contributed by atoms with Gasteiger partial charge in [0.2, 0.25) is 0 Å². The molecular weight excluding hydrogens is 353 g/mol. The molecule has 1 aromatic carbocycles. The van der Waals surface area contributed by atoms with E-state index in [2.05, 4.69) is 14.7 Å². The SMILES string of the molecule is COC.COCCOc1cnc2c(Oc3ccc(N)cc3F)ccnc2c1. The van der Waals surface area contributed by atoms with Crippen molar-refractivity contribution >= 4 is 16.7 Å². The van der Waals surface area contributed by atoms with Crippen LogP contribution in [0.5, 0.6) is 17.2 Å². The number of halogens is 1. The first kappa shape index (κ1) is 20.3. The largest absolute Gasteiger partial charge is 0.489 e. The van der Waals surface area contributed by atoms with Crippen LogP contribution in [-0.2, 0) is 9.47 Å². The Hall–Kier alpha value is -2.97. The molecule has 7 nitrogen and oxygen atoms in total. The third kappa shape index (κ3) is 5.77. The van der Waals surface area contributed by atoms with Crippen LogP contribution in [0.25, 0.3) is 11.0 Å². The Morgan fingerprint density at radius 3 is 2.48 bits per heavy atom. The minimum absolute atomic E-state index is 0.0684. The first-order valence-electron chi connectivity index (χ1n) is 8.08. The van der Waals surface area contributed by atoms with E-state index in [0.717, 1.165) is 0 Å². The van der Waals surface area contributed by atoms with Gasteiger partial charge < -0.3 is 24.7 Å². The van der Waals surface area contributed by atoms with Crippen LogP contribution in [0, 0.1) is 5.82 Å². The van der Waals surface area contributed by atoms with Gasteiger partial charge in [0.15, 0.2) is 17.3 Å². The van der Waals surface area contributed by atoms with E-state index in [1.165, 1.54) is 12.1 Å². The third-order valence-electron chi connectivity index (χ3n) is 3.25. The van der Waals surface area contributed by atoms with E-state index in [4.69, 9.17) is 19.9 Å². The maximum absolute atomic E-state index is 13.9. The molecule has 0 saturated carbocycles. The fourth-order valence-corrected chi connectivity index (χ4v) is 2.11. The van der Waals surface area contributed by atoms with E-state index < -0.39 is 5.82 Å². The summed E-state index contributed by atoms with van der Waals surface area (Å²) in [5, 5.41) is 0. The Morgan fingerprint density at radius 1 is 1.00 bits per heavy atom. The van der Waals surface area contributed by atoms with Gasteiger partial charge in [-0.25, -0.2) is 9.37 Å². The first-order chi connectivity index (χ1) is 13.1. The van der Waals surface area contributed by atoms with Crippen molar-refractivity contribution in [2.24, 2.45) is 0 Å². The summed E-state index contributed by atoms with van der Waals surface area (Å²) in [6, 6.07) is 7.60. The van der Waals surface area contributed by atoms with Gasteiger partial charge >= 0.3 is 0 Å². The minimum atomic E-state index is -0.542. The number of hydrogen-bond donors (Lipinski definition) is 1. The number of methoxy groups -OCH3 is 2. The number of pyridine rings is 2. The maximum atomic E-state index is 13.9. The Morgan fingerprint density at radius 2 is 1.78 bits per heavy atom. The molecule has 0 atom stereocenters. The van der Waals surface area contributed by atoms with E-state index in [1.54, 1.807) is 51.9 Å². The van der Waals surface area contributed by atoms with Gasteiger partial charge in [-0.3, -0.25) is 4.98 Å². The van der Waals surface area contributed by atoms with Gasteiger partial charge in [0.1, 0.15) is 17.9 Å². The molecule has 0 amide bonds. The normalized spacial score (nSPS) is 10.2. The number of nitrogens with two attached hydrogens (primary N) is 1. The molecule has 144 valence electrons. The van der Waals surface area contributed by atoms with Crippen molar-refractivity contribution in [1.82, 2.24) is 9.97 Å². The predicted molar refractivity (Wildman–Crippen MR) is 101 cm³/mol. The van der Waals surface area contributed by atoms with Crippen molar-refractivity contribution in [3.05, 3.63) is 48.5 Å². The van der Waals surface area contributed by atoms with Gasteiger partial charge in [-0.2, -0.15) is 0 Å². The summed E-state index contributed by atoms with van der Waals surface area (Å²) < 4.78 is 34.2. The third-order valence-corrected chi connectivity index (χ3v) is 3.25. The Balaban J connectivity index is 0.000000817. The van der Waals surface area contributed by atoms with Crippen molar-refractivity contribution in [2.75, 3.05) is 40.3 Å². The standard InChI is InChI=1S/C17H16FN3O3.C2H6O/c1-22-6-7-23-12-9-14-17(21-10-12)16(4-5-20-14)24-15-3-2-11(19)8-13(15)18;1-3-2/h2-5,8-10H,6-7,19H2,1H3;1-2H3. The highest BCUT2D eigenvalue weighted by Crippen LogP contribution is 2.30. The highest BCUT2D eigenvalue weighted by Gasteiger charge is 2.10.